The predicted molar refractivity (Wildman–Crippen MR) is 119 cm³/mol. The van der Waals surface area contributed by atoms with Crippen LogP contribution in [0.25, 0.3) is 0 Å². The van der Waals surface area contributed by atoms with Gasteiger partial charge in [-0.2, -0.15) is 0 Å². The molecule has 0 aromatic rings. The van der Waals surface area contributed by atoms with Crippen LogP contribution in [0.4, 0.5) is 0 Å². The van der Waals surface area contributed by atoms with Crippen molar-refractivity contribution in [2.75, 3.05) is 13.2 Å². The summed E-state index contributed by atoms with van der Waals surface area (Å²) in [5, 5.41) is 0. The van der Waals surface area contributed by atoms with E-state index in [0.29, 0.717) is 0 Å². The van der Waals surface area contributed by atoms with Crippen LogP contribution in [0.3, 0.4) is 0 Å². The predicted octanol–water partition coefficient (Wildman–Crippen LogP) is 8.84. The molecule has 2 saturated carbocycles. The Bertz CT molecular complexity index is 259. The first-order valence-electron chi connectivity index (χ1n) is 13.0. The molecule has 160 valence electrons. The topological polar surface area (TPSA) is 9.23 Å². The van der Waals surface area contributed by atoms with Gasteiger partial charge in [-0.25, -0.2) is 0 Å². The van der Waals surface area contributed by atoms with Crippen LogP contribution >= 0.6 is 0 Å². The van der Waals surface area contributed by atoms with Crippen molar-refractivity contribution in [3.63, 3.8) is 0 Å². The number of hydrogen-bond acceptors (Lipinski definition) is 1. The Kier molecular flexibility index (Phi) is 14.5. The van der Waals surface area contributed by atoms with Crippen LogP contribution in [0, 0.1) is 11.8 Å². The maximum Gasteiger partial charge on any atom is 0.0494 e. The zero-order chi connectivity index (χ0) is 18.8. The van der Waals surface area contributed by atoms with Gasteiger partial charge < -0.3 is 4.74 Å². The molecule has 2 rings (SSSR count). The second-order valence-electron chi connectivity index (χ2n) is 9.79. The number of ether oxygens (including phenoxy) is 1. The van der Waals surface area contributed by atoms with Gasteiger partial charge in [-0.15, -0.1) is 0 Å². The molecule has 0 unspecified atom stereocenters. The Balaban J connectivity index is 1.64. The average molecular weight is 379 g/mol. The normalized spacial score (nSPS) is 24.9. The van der Waals surface area contributed by atoms with Crippen molar-refractivity contribution in [2.45, 2.75) is 141 Å². The van der Waals surface area contributed by atoms with Crippen molar-refractivity contribution in [1.82, 2.24) is 0 Å². The van der Waals surface area contributed by atoms with Crippen molar-refractivity contribution in [3.05, 3.63) is 0 Å². The third-order valence-electron chi connectivity index (χ3n) is 7.16. The minimum absolute atomic E-state index is 0.843. The van der Waals surface area contributed by atoms with Gasteiger partial charge in [-0.3, -0.25) is 0 Å². The van der Waals surface area contributed by atoms with Crippen LogP contribution in [0.5, 0.6) is 0 Å². The molecule has 0 amide bonds. The van der Waals surface area contributed by atoms with Crippen molar-refractivity contribution >= 4 is 0 Å². The highest BCUT2D eigenvalue weighted by molar-refractivity contribution is 4.65. The van der Waals surface area contributed by atoms with Gasteiger partial charge in [0.2, 0.25) is 0 Å². The lowest BCUT2D eigenvalue weighted by atomic mass is 9.92. The molecule has 2 fully saturated rings. The average Bonchev–Trinajstić information content (AvgIpc) is 2.65. The van der Waals surface area contributed by atoms with Gasteiger partial charge in [-0.05, 0) is 37.5 Å². The Morgan fingerprint density at radius 1 is 0.333 bits per heavy atom. The number of rotatable bonds is 4. The van der Waals surface area contributed by atoms with Gasteiger partial charge in [0.15, 0.2) is 0 Å². The summed E-state index contributed by atoms with van der Waals surface area (Å²) in [5.74, 6) is 1.69. The first kappa shape index (κ1) is 23.2. The molecule has 2 aliphatic rings. The van der Waals surface area contributed by atoms with Crippen molar-refractivity contribution in [1.29, 1.82) is 0 Å². The third-order valence-corrected chi connectivity index (χ3v) is 7.16. The molecule has 0 spiro atoms. The minimum atomic E-state index is 0.843. The quantitative estimate of drug-likeness (QED) is 0.474. The monoisotopic (exact) mass is 378 g/mol. The van der Waals surface area contributed by atoms with Gasteiger partial charge in [0.05, 0.1) is 0 Å². The van der Waals surface area contributed by atoms with Crippen LogP contribution in [-0.4, -0.2) is 13.2 Å². The summed E-state index contributed by atoms with van der Waals surface area (Å²) in [6.45, 7) is 2.10. The summed E-state index contributed by atoms with van der Waals surface area (Å²) < 4.78 is 6.36. The fraction of sp³-hybridized carbons (Fsp3) is 1.00. The lowest BCUT2D eigenvalue weighted by Gasteiger charge is -2.22. The van der Waals surface area contributed by atoms with Crippen LogP contribution in [0.2, 0.25) is 0 Å². The molecule has 0 N–H and O–H groups in total. The maximum absolute atomic E-state index is 6.36. The highest BCUT2D eigenvalue weighted by Gasteiger charge is 2.13. The van der Waals surface area contributed by atoms with E-state index in [-0.39, 0.29) is 0 Å². The first-order chi connectivity index (χ1) is 13.4. The lowest BCUT2D eigenvalue weighted by Crippen LogP contribution is -2.16. The maximum atomic E-state index is 6.36. The van der Waals surface area contributed by atoms with Crippen molar-refractivity contribution in [3.8, 4) is 0 Å². The highest BCUT2D eigenvalue weighted by Crippen LogP contribution is 2.24. The molecule has 2 aliphatic carbocycles. The Hall–Kier alpha value is -0.0400. The summed E-state index contributed by atoms with van der Waals surface area (Å²) in [4.78, 5) is 0. The first-order valence-corrected chi connectivity index (χ1v) is 13.0. The van der Waals surface area contributed by atoms with Crippen LogP contribution in [-0.2, 0) is 4.74 Å². The van der Waals surface area contributed by atoms with Gasteiger partial charge in [0.25, 0.3) is 0 Å². The number of hydrogen-bond donors (Lipinski definition) is 0. The van der Waals surface area contributed by atoms with Gasteiger partial charge >= 0.3 is 0 Å². The fourth-order valence-electron chi connectivity index (χ4n) is 5.23. The van der Waals surface area contributed by atoms with E-state index in [2.05, 4.69) is 0 Å². The van der Waals surface area contributed by atoms with Crippen molar-refractivity contribution < 1.29 is 4.74 Å². The van der Waals surface area contributed by atoms with Crippen LogP contribution in [0.15, 0.2) is 0 Å². The van der Waals surface area contributed by atoms with E-state index in [9.17, 15) is 0 Å². The molecule has 0 radical (unpaired) electrons. The van der Waals surface area contributed by atoms with E-state index < -0.39 is 0 Å². The van der Waals surface area contributed by atoms with E-state index in [1.165, 1.54) is 141 Å². The molecule has 0 atom stereocenters. The SMILES string of the molecule is C1CCCCCC(COCC2CCCCCCCCCCC2)CCCCC1. The molecule has 1 heteroatoms. The molecular formula is C26H50O. The molecule has 0 bridgehead atoms. The molecule has 1 nitrogen and oxygen atoms in total. The molecule has 0 heterocycles. The van der Waals surface area contributed by atoms with E-state index in [0.717, 1.165) is 25.0 Å². The molecule has 0 aliphatic heterocycles. The largest absolute Gasteiger partial charge is 0.381 e. The summed E-state index contributed by atoms with van der Waals surface area (Å²) >= 11 is 0. The van der Waals surface area contributed by atoms with Gasteiger partial charge in [0.1, 0.15) is 0 Å². The minimum Gasteiger partial charge on any atom is -0.381 e. The molecule has 0 aromatic heterocycles. The zero-order valence-corrected chi connectivity index (χ0v) is 18.5. The zero-order valence-electron chi connectivity index (χ0n) is 18.5. The highest BCUT2D eigenvalue weighted by atomic mass is 16.5. The smallest absolute Gasteiger partial charge is 0.0494 e. The van der Waals surface area contributed by atoms with Gasteiger partial charge in [0, 0.05) is 13.2 Å². The molecule has 0 aromatic carbocycles. The Labute approximate surface area is 171 Å². The summed E-state index contributed by atoms with van der Waals surface area (Å²) in [7, 11) is 0. The van der Waals surface area contributed by atoms with E-state index in [1.54, 1.807) is 0 Å². The van der Waals surface area contributed by atoms with E-state index in [4.69, 9.17) is 4.74 Å². The second-order valence-corrected chi connectivity index (χ2v) is 9.79. The third kappa shape index (κ3) is 12.9. The summed E-state index contributed by atoms with van der Waals surface area (Å²) in [5.41, 5.74) is 0. The van der Waals surface area contributed by atoms with E-state index >= 15 is 0 Å². The van der Waals surface area contributed by atoms with Crippen LogP contribution < -0.4 is 0 Å². The summed E-state index contributed by atoms with van der Waals surface area (Å²) in [6.07, 6.45) is 32.0. The standard InChI is InChI=1S/C26H50O/c1-3-7-11-15-19-25(20-16-12-8-4-1)23-27-24-26-21-17-13-9-5-2-6-10-14-18-22-26/h25-26H,1-24H2. The molecular weight excluding hydrogens is 328 g/mol. The summed E-state index contributed by atoms with van der Waals surface area (Å²) in [6, 6.07) is 0. The Morgan fingerprint density at radius 2 is 0.556 bits per heavy atom. The van der Waals surface area contributed by atoms with E-state index in [1.807, 2.05) is 0 Å². The molecule has 0 saturated heterocycles. The van der Waals surface area contributed by atoms with Crippen molar-refractivity contribution in [2.24, 2.45) is 11.8 Å². The Morgan fingerprint density at radius 3 is 0.815 bits per heavy atom. The fourth-order valence-corrected chi connectivity index (χ4v) is 5.23. The van der Waals surface area contributed by atoms with Gasteiger partial charge in [-0.1, -0.05) is 116 Å². The van der Waals surface area contributed by atoms with Crippen LogP contribution in [0.1, 0.15) is 141 Å². The molecule has 27 heavy (non-hydrogen) atoms. The lowest BCUT2D eigenvalue weighted by molar-refractivity contribution is 0.0585. The second kappa shape index (κ2) is 16.9.